The van der Waals surface area contributed by atoms with Crippen LogP contribution in [0.15, 0.2) is 18.2 Å². The van der Waals surface area contributed by atoms with Gasteiger partial charge in [0.15, 0.2) is 5.78 Å². The highest BCUT2D eigenvalue weighted by Crippen LogP contribution is 2.17. The third-order valence-corrected chi connectivity index (χ3v) is 2.37. The molecule has 19 heavy (non-hydrogen) atoms. The number of ether oxygens (including phenoxy) is 1. The number of amides is 1. The van der Waals surface area contributed by atoms with Crippen LogP contribution in [0.25, 0.3) is 0 Å². The highest BCUT2D eigenvalue weighted by Gasteiger charge is 2.09. The molecule has 0 aliphatic carbocycles. The molecular weight excluding hydrogens is 249 g/mol. The van der Waals surface area contributed by atoms with E-state index in [0.29, 0.717) is 5.75 Å². The molecule has 0 spiro atoms. The molecule has 0 fully saturated rings. The second-order valence-corrected chi connectivity index (χ2v) is 4.52. The minimum atomic E-state index is -0.614. The number of halogens is 1. The van der Waals surface area contributed by atoms with Crippen molar-refractivity contribution in [3.63, 3.8) is 0 Å². The third-order valence-electron chi connectivity index (χ3n) is 2.37. The summed E-state index contributed by atoms with van der Waals surface area (Å²) >= 11 is 0. The summed E-state index contributed by atoms with van der Waals surface area (Å²) < 4.78 is 18.7. The van der Waals surface area contributed by atoms with E-state index in [-0.39, 0.29) is 36.3 Å². The van der Waals surface area contributed by atoms with E-state index in [1.54, 1.807) is 0 Å². The topological polar surface area (TPSA) is 55.4 Å². The van der Waals surface area contributed by atoms with E-state index in [1.807, 2.05) is 13.8 Å². The average molecular weight is 267 g/mol. The van der Waals surface area contributed by atoms with Crippen LogP contribution in [0.5, 0.6) is 5.75 Å². The Bertz CT molecular complexity index is 472. The molecule has 1 N–H and O–H groups in total. The number of benzene rings is 1. The summed E-state index contributed by atoms with van der Waals surface area (Å²) in [5, 5.41) is 2.73. The fraction of sp³-hybridized carbons (Fsp3) is 0.429. The number of hydrogen-bond donors (Lipinski definition) is 1. The van der Waals surface area contributed by atoms with Crippen molar-refractivity contribution in [2.45, 2.75) is 33.2 Å². The van der Waals surface area contributed by atoms with Crippen molar-refractivity contribution in [1.29, 1.82) is 0 Å². The lowest BCUT2D eigenvalue weighted by Crippen LogP contribution is -2.31. The number of hydrogen-bond acceptors (Lipinski definition) is 3. The van der Waals surface area contributed by atoms with Crippen LogP contribution in [0.3, 0.4) is 0 Å². The lowest BCUT2D eigenvalue weighted by molar-refractivity contribution is -0.122. The molecule has 0 saturated carbocycles. The largest absolute Gasteiger partial charge is 0.493 e. The molecule has 0 aromatic heterocycles. The molecule has 1 aromatic rings. The van der Waals surface area contributed by atoms with Gasteiger partial charge in [-0.1, -0.05) is 0 Å². The maximum absolute atomic E-state index is 13.5. The molecule has 0 bridgehead atoms. The summed E-state index contributed by atoms with van der Waals surface area (Å²) in [5.41, 5.74) is 0.0323. The van der Waals surface area contributed by atoms with Gasteiger partial charge in [0.25, 0.3) is 0 Å². The summed E-state index contributed by atoms with van der Waals surface area (Å²) in [5.74, 6) is -0.757. The van der Waals surface area contributed by atoms with Gasteiger partial charge in [-0.25, -0.2) is 4.39 Å². The Kier molecular flexibility index (Phi) is 5.48. The van der Waals surface area contributed by atoms with Crippen LogP contribution < -0.4 is 10.1 Å². The average Bonchev–Trinajstić information content (AvgIpc) is 2.27. The van der Waals surface area contributed by atoms with Gasteiger partial charge in [0.1, 0.15) is 11.6 Å². The molecule has 1 rings (SSSR count). The quantitative estimate of drug-likeness (QED) is 0.805. The van der Waals surface area contributed by atoms with Crippen LogP contribution in [-0.4, -0.2) is 24.3 Å². The molecule has 0 radical (unpaired) electrons. The lowest BCUT2D eigenvalue weighted by atomic mass is 10.1. The first kappa shape index (κ1) is 15.1. The van der Waals surface area contributed by atoms with Crippen molar-refractivity contribution in [2.24, 2.45) is 0 Å². The molecular formula is C14H18FNO3. The maximum atomic E-state index is 13.5. The highest BCUT2D eigenvalue weighted by molar-refractivity contribution is 5.94. The van der Waals surface area contributed by atoms with Crippen LogP contribution >= 0.6 is 0 Å². The van der Waals surface area contributed by atoms with Crippen molar-refractivity contribution in [2.75, 3.05) is 6.61 Å². The van der Waals surface area contributed by atoms with Gasteiger partial charge in [-0.05, 0) is 32.9 Å². The second-order valence-electron chi connectivity index (χ2n) is 4.52. The summed E-state index contributed by atoms with van der Waals surface area (Å²) in [6.07, 6.45) is 0.203. The molecule has 0 aliphatic rings. The van der Waals surface area contributed by atoms with E-state index in [9.17, 15) is 14.0 Å². The normalized spacial score (nSPS) is 10.4. The smallest absolute Gasteiger partial charge is 0.223 e. The Morgan fingerprint density at radius 2 is 2.05 bits per heavy atom. The van der Waals surface area contributed by atoms with Crippen LogP contribution in [0.2, 0.25) is 0 Å². The van der Waals surface area contributed by atoms with Crippen molar-refractivity contribution in [3.8, 4) is 5.75 Å². The molecule has 0 aliphatic heterocycles. The van der Waals surface area contributed by atoms with Gasteiger partial charge in [0, 0.05) is 12.1 Å². The number of carbonyl (C=O) groups is 2. The standard InChI is InChI=1S/C14H18FNO3/c1-9(2)16-14(18)6-7-19-11-4-5-12(10(3)17)13(15)8-11/h4-5,8-9H,6-7H2,1-3H3,(H,16,18). The Morgan fingerprint density at radius 1 is 1.37 bits per heavy atom. The Morgan fingerprint density at radius 3 is 2.58 bits per heavy atom. The number of Topliss-reactive ketones (excluding diaryl/α,β-unsaturated/α-hetero) is 1. The van der Waals surface area contributed by atoms with E-state index in [4.69, 9.17) is 4.74 Å². The molecule has 4 nitrogen and oxygen atoms in total. The van der Waals surface area contributed by atoms with Crippen LogP contribution in [0.4, 0.5) is 4.39 Å². The molecule has 5 heteroatoms. The van der Waals surface area contributed by atoms with E-state index in [0.717, 1.165) is 6.07 Å². The first-order chi connectivity index (χ1) is 8.90. The zero-order valence-corrected chi connectivity index (χ0v) is 11.3. The number of nitrogens with one attached hydrogen (secondary N) is 1. The van der Waals surface area contributed by atoms with Gasteiger partial charge in [-0.3, -0.25) is 9.59 Å². The second kappa shape index (κ2) is 6.87. The minimum Gasteiger partial charge on any atom is -0.493 e. The zero-order valence-electron chi connectivity index (χ0n) is 11.3. The van der Waals surface area contributed by atoms with Crippen molar-refractivity contribution < 1.29 is 18.7 Å². The Hall–Kier alpha value is -1.91. The fourth-order valence-electron chi connectivity index (χ4n) is 1.53. The van der Waals surface area contributed by atoms with Gasteiger partial charge in [0.05, 0.1) is 18.6 Å². The van der Waals surface area contributed by atoms with Gasteiger partial charge >= 0.3 is 0 Å². The summed E-state index contributed by atoms with van der Waals surface area (Å²) in [4.78, 5) is 22.4. The van der Waals surface area contributed by atoms with Crippen molar-refractivity contribution >= 4 is 11.7 Å². The van der Waals surface area contributed by atoms with E-state index in [2.05, 4.69) is 5.32 Å². The van der Waals surface area contributed by atoms with Crippen molar-refractivity contribution in [1.82, 2.24) is 5.32 Å². The SMILES string of the molecule is CC(=O)c1ccc(OCCC(=O)NC(C)C)cc1F. The van der Waals surface area contributed by atoms with Gasteiger partial charge in [0.2, 0.25) is 5.91 Å². The first-order valence-corrected chi connectivity index (χ1v) is 6.12. The maximum Gasteiger partial charge on any atom is 0.223 e. The predicted octanol–water partition coefficient (Wildman–Crippen LogP) is 2.32. The molecule has 0 unspecified atom stereocenters. The van der Waals surface area contributed by atoms with Gasteiger partial charge in [-0.15, -0.1) is 0 Å². The third kappa shape index (κ3) is 5.07. The van der Waals surface area contributed by atoms with Crippen LogP contribution in [0.1, 0.15) is 37.6 Å². The highest BCUT2D eigenvalue weighted by atomic mass is 19.1. The molecule has 104 valence electrons. The molecule has 0 atom stereocenters. The Labute approximate surface area is 112 Å². The van der Waals surface area contributed by atoms with Gasteiger partial charge < -0.3 is 10.1 Å². The minimum absolute atomic E-state index is 0.0323. The van der Waals surface area contributed by atoms with Gasteiger partial charge in [-0.2, -0.15) is 0 Å². The lowest BCUT2D eigenvalue weighted by Gasteiger charge is -2.09. The van der Waals surface area contributed by atoms with Crippen LogP contribution in [-0.2, 0) is 4.79 Å². The monoisotopic (exact) mass is 267 g/mol. The molecule has 0 saturated heterocycles. The predicted molar refractivity (Wildman–Crippen MR) is 69.8 cm³/mol. The Balaban J connectivity index is 2.48. The number of carbonyl (C=O) groups excluding carboxylic acids is 2. The number of rotatable bonds is 6. The summed E-state index contributed by atoms with van der Waals surface area (Å²) in [6.45, 7) is 5.20. The van der Waals surface area contributed by atoms with E-state index < -0.39 is 5.82 Å². The van der Waals surface area contributed by atoms with Crippen molar-refractivity contribution in [3.05, 3.63) is 29.6 Å². The fourth-order valence-corrected chi connectivity index (χ4v) is 1.53. The first-order valence-electron chi connectivity index (χ1n) is 6.12. The van der Waals surface area contributed by atoms with E-state index >= 15 is 0 Å². The van der Waals surface area contributed by atoms with Crippen LogP contribution in [0, 0.1) is 5.82 Å². The number of ketones is 1. The zero-order chi connectivity index (χ0) is 14.4. The summed E-state index contributed by atoms with van der Waals surface area (Å²) in [6, 6.07) is 4.12. The molecule has 1 amide bonds. The molecule has 1 aromatic carbocycles. The van der Waals surface area contributed by atoms with E-state index in [1.165, 1.54) is 19.1 Å². The summed E-state index contributed by atoms with van der Waals surface area (Å²) in [7, 11) is 0. The molecule has 0 heterocycles.